The molecule has 4 rings (SSSR count). The van der Waals surface area contributed by atoms with Gasteiger partial charge >= 0.3 is 6.18 Å². The lowest BCUT2D eigenvalue weighted by Gasteiger charge is -2.42. The zero-order valence-electron chi connectivity index (χ0n) is 14.7. The van der Waals surface area contributed by atoms with Crippen LogP contribution in [0, 0.1) is 0 Å². The van der Waals surface area contributed by atoms with Crippen LogP contribution in [-0.2, 0) is 11.7 Å². The van der Waals surface area contributed by atoms with Crippen molar-refractivity contribution in [2.45, 2.75) is 25.1 Å². The second-order valence-electron chi connectivity index (χ2n) is 6.94. The van der Waals surface area contributed by atoms with Gasteiger partial charge in [0.1, 0.15) is 0 Å². The molecule has 0 unspecified atom stereocenters. The molecule has 1 saturated heterocycles. The predicted octanol–water partition coefficient (Wildman–Crippen LogP) is 4.69. The fourth-order valence-corrected chi connectivity index (χ4v) is 4.53. The van der Waals surface area contributed by atoms with Gasteiger partial charge in [0, 0.05) is 30.2 Å². The summed E-state index contributed by atoms with van der Waals surface area (Å²) in [5.74, 6) is -0.536. The Kier molecular flexibility index (Phi) is 4.24. The maximum atomic E-state index is 13.9. The van der Waals surface area contributed by atoms with E-state index in [1.54, 1.807) is 35.2 Å². The first kappa shape index (κ1) is 18.3. The molecular formula is C20H18ClF3N2O. The maximum Gasteiger partial charge on any atom is 0.417 e. The van der Waals surface area contributed by atoms with Crippen LogP contribution in [0.3, 0.4) is 0 Å². The Bertz CT molecular complexity index is 928. The zero-order valence-corrected chi connectivity index (χ0v) is 15.4. The highest BCUT2D eigenvalue weighted by Crippen LogP contribution is 2.49. The fraction of sp³-hybridized carbons (Fsp3) is 0.350. The van der Waals surface area contributed by atoms with E-state index < -0.39 is 23.2 Å². The lowest BCUT2D eigenvalue weighted by atomic mass is 9.82. The molecule has 27 heavy (non-hydrogen) atoms. The van der Waals surface area contributed by atoms with Crippen molar-refractivity contribution < 1.29 is 18.0 Å². The van der Waals surface area contributed by atoms with E-state index in [1.165, 1.54) is 0 Å². The number of halogens is 4. The molecule has 142 valence electrons. The molecule has 3 nitrogen and oxygen atoms in total. The second kappa shape index (κ2) is 6.24. The third-order valence-corrected chi connectivity index (χ3v) is 5.95. The van der Waals surface area contributed by atoms with Crippen molar-refractivity contribution in [3.05, 3.63) is 58.1 Å². The fourth-order valence-electron chi connectivity index (χ4n) is 4.29. The molecule has 2 aliphatic rings. The van der Waals surface area contributed by atoms with E-state index in [1.807, 2.05) is 6.92 Å². The van der Waals surface area contributed by atoms with Crippen molar-refractivity contribution in [1.82, 2.24) is 10.2 Å². The van der Waals surface area contributed by atoms with Gasteiger partial charge < -0.3 is 10.2 Å². The highest BCUT2D eigenvalue weighted by molar-refractivity contribution is 6.33. The molecule has 2 aromatic rings. The summed E-state index contributed by atoms with van der Waals surface area (Å²) in [6.07, 6.45) is -4.10. The molecule has 0 aromatic heterocycles. The van der Waals surface area contributed by atoms with Gasteiger partial charge in [-0.2, -0.15) is 13.2 Å². The number of hydrogen-bond donors (Lipinski definition) is 1. The van der Waals surface area contributed by atoms with Gasteiger partial charge in [-0.15, -0.1) is 0 Å². The van der Waals surface area contributed by atoms with Gasteiger partial charge in [0.25, 0.3) is 5.91 Å². The number of carbonyl (C=O) groups excluding carboxylic acids is 1. The normalized spacial score (nSPS) is 22.0. The van der Waals surface area contributed by atoms with Crippen molar-refractivity contribution in [1.29, 1.82) is 0 Å². The van der Waals surface area contributed by atoms with Crippen molar-refractivity contribution >= 4 is 17.5 Å². The molecule has 2 aliphatic heterocycles. The van der Waals surface area contributed by atoms with Crippen molar-refractivity contribution in [2.24, 2.45) is 0 Å². The average molecular weight is 395 g/mol. The van der Waals surface area contributed by atoms with Crippen LogP contribution in [-0.4, -0.2) is 30.4 Å². The second-order valence-corrected chi connectivity index (χ2v) is 7.35. The third-order valence-electron chi connectivity index (χ3n) is 5.62. The molecule has 2 heterocycles. The highest BCUT2D eigenvalue weighted by atomic mass is 35.5. The molecule has 1 amide bonds. The first-order chi connectivity index (χ1) is 12.8. The minimum atomic E-state index is -4.63. The minimum Gasteiger partial charge on any atom is -0.326 e. The number of nitrogens with one attached hydrogen (secondary N) is 1. The first-order valence-corrected chi connectivity index (χ1v) is 9.20. The molecule has 0 spiro atoms. The first-order valence-electron chi connectivity index (χ1n) is 8.83. The van der Waals surface area contributed by atoms with Crippen LogP contribution in [0.15, 0.2) is 36.4 Å². The average Bonchev–Trinajstić information content (AvgIpc) is 2.90. The number of amides is 1. The Morgan fingerprint density at radius 2 is 2.00 bits per heavy atom. The maximum absolute atomic E-state index is 13.9. The highest BCUT2D eigenvalue weighted by Gasteiger charge is 2.53. The largest absolute Gasteiger partial charge is 0.417 e. The summed E-state index contributed by atoms with van der Waals surface area (Å²) in [6, 6.07) is 9.56. The van der Waals surface area contributed by atoms with E-state index >= 15 is 0 Å². The van der Waals surface area contributed by atoms with E-state index in [9.17, 15) is 18.0 Å². The molecule has 1 fully saturated rings. The standard InChI is InChI=1S/C20H18ClF3N2O/c1-2-19-11-25-7-8-26(19)18(27)17-14(19)9-12(10-15(17)20(22,23)24)13-5-3-4-6-16(13)21/h3-6,9-10,25H,2,7-8,11H2,1H3/t19-/m0/s1. The van der Waals surface area contributed by atoms with Gasteiger partial charge in [0.15, 0.2) is 0 Å². The third kappa shape index (κ3) is 2.65. The monoisotopic (exact) mass is 394 g/mol. The van der Waals surface area contributed by atoms with Crippen molar-refractivity contribution in [2.75, 3.05) is 19.6 Å². The van der Waals surface area contributed by atoms with Crippen LogP contribution >= 0.6 is 11.6 Å². The molecule has 0 bridgehead atoms. The molecule has 0 aliphatic carbocycles. The number of rotatable bonds is 2. The van der Waals surface area contributed by atoms with Gasteiger partial charge in [-0.1, -0.05) is 36.7 Å². The van der Waals surface area contributed by atoms with Crippen LogP contribution in [0.25, 0.3) is 11.1 Å². The summed E-state index contributed by atoms with van der Waals surface area (Å²) < 4.78 is 41.7. The van der Waals surface area contributed by atoms with Crippen molar-refractivity contribution in [3.8, 4) is 11.1 Å². The summed E-state index contributed by atoms with van der Waals surface area (Å²) in [4.78, 5) is 14.5. The van der Waals surface area contributed by atoms with Gasteiger partial charge in [0.2, 0.25) is 0 Å². The van der Waals surface area contributed by atoms with E-state index in [4.69, 9.17) is 11.6 Å². The Morgan fingerprint density at radius 3 is 2.67 bits per heavy atom. The number of fused-ring (bicyclic) bond motifs is 3. The summed E-state index contributed by atoms with van der Waals surface area (Å²) >= 11 is 6.24. The zero-order chi connectivity index (χ0) is 19.4. The SMILES string of the molecule is CC[C@@]12CNCCN1C(=O)c1c(C(F)(F)F)cc(-c3ccccc3Cl)cc12. The van der Waals surface area contributed by atoms with Gasteiger partial charge in [-0.05, 0) is 35.7 Å². The number of nitrogens with zero attached hydrogens (tertiary/aromatic N) is 1. The number of alkyl halides is 3. The van der Waals surface area contributed by atoms with Crippen LogP contribution in [0.5, 0.6) is 0 Å². The molecule has 1 atom stereocenters. The molecule has 0 radical (unpaired) electrons. The smallest absolute Gasteiger partial charge is 0.326 e. The van der Waals surface area contributed by atoms with Crippen LogP contribution in [0.2, 0.25) is 5.02 Å². The Balaban J connectivity index is 2.04. The lowest BCUT2D eigenvalue weighted by Crippen LogP contribution is -2.56. The Morgan fingerprint density at radius 1 is 1.26 bits per heavy atom. The minimum absolute atomic E-state index is 0.219. The van der Waals surface area contributed by atoms with E-state index in [2.05, 4.69) is 5.32 Å². The van der Waals surface area contributed by atoms with Crippen LogP contribution in [0.4, 0.5) is 13.2 Å². The quantitative estimate of drug-likeness (QED) is 0.801. The van der Waals surface area contributed by atoms with Crippen LogP contribution in [0.1, 0.15) is 34.8 Å². The van der Waals surface area contributed by atoms with Gasteiger partial charge in [-0.3, -0.25) is 4.79 Å². The lowest BCUT2D eigenvalue weighted by molar-refractivity contribution is -0.137. The number of benzene rings is 2. The summed E-state index contributed by atoms with van der Waals surface area (Å²) in [5.41, 5.74) is -0.534. The van der Waals surface area contributed by atoms with Gasteiger partial charge in [0.05, 0.1) is 16.7 Å². The Hall–Kier alpha value is -2.05. The summed E-state index contributed by atoms with van der Waals surface area (Å²) in [7, 11) is 0. The molecular weight excluding hydrogens is 377 g/mol. The molecule has 7 heteroatoms. The molecule has 1 N–H and O–H groups in total. The Labute approximate surface area is 160 Å². The van der Waals surface area contributed by atoms with E-state index in [-0.39, 0.29) is 5.56 Å². The number of piperazine rings is 1. The van der Waals surface area contributed by atoms with E-state index in [0.29, 0.717) is 47.8 Å². The number of hydrogen-bond acceptors (Lipinski definition) is 2. The van der Waals surface area contributed by atoms with Crippen LogP contribution < -0.4 is 5.32 Å². The predicted molar refractivity (Wildman–Crippen MR) is 97.8 cm³/mol. The summed E-state index contributed by atoms with van der Waals surface area (Å²) in [5, 5.41) is 3.61. The topological polar surface area (TPSA) is 32.3 Å². The molecule has 2 aromatic carbocycles. The number of carbonyl (C=O) groups is 1. The van der Waals surface area contributed by atoms with Crippen molar-refractivity contribution in [3.63, 3.8) is 0 Å². The summed E-state index contributed by atoms with van der Waals surface area (Å²) in [6.45, 7) is 3.30. The van der Waals surface area contributed by atoms with E-state index in [0.717, 1.165) is 6.07 Å². The van der Waals surface area contributed by atoms with Gasteiger partial charge in [-0.25, -0.2) is 0 Å². The molecule has 0 saturated carbocycles.